The van der Waals surface area contributed by atoms with E-state index in [2.05, 4.69) is 25.1 Å². The molecule has 4 rings (SSSR count). The summed E-state index contributed by atoms with van der Waals surface area (Å²) in [4.78, 5) is 29.8. The van der Waals surface area contributed by atoms with Crippen LogP contribution in [-0.2, 0) is 16.7 Å². The molecule has 164 valence electrons. The number of fused-ring (bicyclic) bond motifs is 2. The lowest BCUT2D eigenvalue weighted by Crippen LogP contribution is -2.55. The number of rotatable bonds is 2. The first-order valence-electron chi connectivity index (χ1n) is 11.1. The van der Waals surface area contributed by atoms with Crippen molar-refractivity contribution in [3.63, 3.8) is 0 Å². The van der Waals surface area contributed by atoms with Gasteiger partial charge in [-0.2, -0.15) is 0 Å². The molecule has 0 aromatic heterocycles. The van der Waals surface area contributed by atoms with Gasteiger partial charge in [-0.15, -0.1) is 0 Å². The molecular weight excluding hydrogens is 388 g/mol. The van der Waals surface area contributed by atoms with Gasteiger partial charge in [-0.3, -0.25) is 4.79 Å². The molecule has 1 fully saturated rings. The Balaban J connectivity index is 1.61. The van der Waals surface area contributed by atoms with Crippen LogP contribution in [-0.4, -0.2) is 47.0 Å². The Morgan fingerprint density at radius 1 is 1.03 bits per heavy atom. The van der Waals surface area contributed by atoms with Crippen molar-refractivity contribution >= 4 is 12.0 Å². The van der Waals surface area contributed by atoms with Crippen LogP contribution < -0.4 is 0 Å². The molecule has 2 amide bonds. The highest BCUT2D eigenvalue weighted by molar-refractivity contribution is 5.98. The number of carbonyl (C=O) groups is 2. The molecule has 0 saturated carbocycles. The smallest absolute Gasteiger partial charge is 0.410 e. The molecule has 1 saturated heterocycles. The average molecular weight is 421 g/mol. The normalized spacial score (nSPS) is 18.1. The van der Waals surface area contributed by atoms with E-state index in [4.69, 9.17) is 4.74 Å². The Kier molecular flexibility index (Phi) is 5.54. The topological polar surface area (TPSA) is 49.9 Å². The molecule has 31 heavy (non-hydrogen) atoms. The van der Waals surface area contributed by atoms with Gasteiger partial charge < -0.3 is 14.5 Å². The Hall–Kier alpha value is -2.82. The van der Waals surface area contributed by atoms with Crippen molar-refractivity contribution in [3.05, 3.63) is 70.8 Å². The third kappa shape index (κ3) is 4.32. The number of likely N-dealkylation sites (tertiary alicyclic amines) is 1. The van der Waals surface area contributed by atoms with E-state index in [-0.39, 0.29) is 17.4 Å². The zero-order valence-corrected chi connectivity index (χ0v) is 19.0. The highest BCUT2D eigenvalue weighted by Gasteiger charge is 2.46. The second kappa shape index (κ2) is 8.03. The number of nitrogens with zero attached hydrogens (tertiary/aromatic N) is 2. The first-order chi connectivity index (χ1) is 14.7. The fourth-order valence-corrected chi connectivity index (χ4v) is 5.02. The maximum Gasteiger partial charge on any atom is 0.410 e. The molecule has 0 aliphatic carbocycles. The van der Waals surface area contributed by atoms with Crippen LogP contribution in [0.3, 0.4) is 0 Å². The third-order valence-corrected chi connectivity index (χ3v) is 6.40. The monoisotopic (exact) mass is 420 g/mol. The van der Waals surface area contributed by atoms with Crippen molar-refractivity contribution in [2.24, 2.45) is 0 Å². The molecule has 0 bridgehead atoms. The lowest BCUT2D eigenvalue weighted by molar-refractivity contribution is 0.0123. The molecule has 2 aromatic rings. The Morgan fingerprint density at radius 3 is 2.35 bits per heavy atom. The van der Waals surface area contributed by atoms with E-state index < -0.39 is 5.60 Å². The van der Waals surface area contributed by atoms with Crippen molar-refractivity contribution in [1.82, 2.24) is 9.80 Å². The quantitative estimate of drug-likeness (QED) is 0.693. The van der Waals surface area contributed by atoms with Crippen LogP contribution in [0.1, 0.15) is 60.7 Å². The number of benzene rings is 2. The molecule has 0 atom stereocenters. The molecule has 2 aliphatic rings. The second-order valence-corrected chi connectivity index (χ2v) is 9.89. The summed E-state index contributed by atoms with van der Waals surface area (Å²) >= 11 is 0. The van der Waals surface area contributed by atoms with Crippen molar-refractivity contribution in [2.45, 2.75) is 58.1 Å². The fraction of sp³-hybridized carbons (Fsp3) is 0.462. The first kappa shape index (κ1) is 21.4. The Bertz CT molecular complexity index is 970. The van der Waals surface area contributed by atoms with Crippen LogP contribution in [0.25, 0.3) is 0 Å². The highest BCUT2D eigenvalue weighted by atomic mass is 16.6. The van der Waals surface area contributed by atoms with Crippen molar-refractivity contribution in [2.75, 3.05) is 19.6 Å². The zero-order valence-electron chi connectivity index (χ0n) is 19.0. The van der Waals surface area contributed by atoms with Gasteiger partial charge in [-0.1, -0.05) is 42.5 Å². The molecular formula is C26H32N2O3. The minimum atomic E-state index is -0.501. The van der Waals surface area contributed by atoms with Gasteiger partial charge in [0, 0.05) is 37.2 Å². The highest BCUT2D eigenvalue weighted by Crippen LogP contribution is 2.44. The predicted molar refractivity (Wildman–Crippen MR) is 121 cm³/mol. The van der Waals surface area contributed by atoms with Gasteiger partial charge in [-0.05, 0) is 63.3 Å². The summed E-state index contributed by atoms with van der Waals surface area (Å²) in [5.74, 6) is 0.0998. The Morgan fingerprint density at radius 2 is 1.71 bits per heavy atom. The molecule has 1 spiro atoms. The van der Waals surface area contributed by atoms with Crippen LogP contribution >= 0.6 is 0 Å². The SMILES string of the molecule is Cc1cccc2c1C1(CCN(C(=O)OC(C)(C)C)CC1)CN(Cc1ccccc1)C2=O. The summed E-state index contributed by atoms with van der Waals surface area (Å²) in [5.41, 5.74) is 3.64. The van der Waals surface area contributed by atoms with Crippen LogP contribution in [0.2, 0.25) is 0 Å². The standard InChI is InChI=1S/C26H32N2O3/c1-19-9-8-12-21-22(19)26(13-15-27(16-14-26)24(30)31-25(2,3)4)18-28(23(21)29)17-20-10-6-5-7-11-20/h5-12H,13-18H2,1-4H3. The Labute approximate surface area is 185 Å². The zero-order chi connectivity index (χ0) is 22.2. The molecule has 0 unspecified atom stereocenters. The fourth-order valence-electron chi connectivity index (χ4n) is 5.02. The number of aryl methyl sites for hydroxylation is 1. The summed E-state index contributed by atoms with van der Waals surface area (Å²) in [6.07, 6.45) is 1.39. The maximum absolute atomic E-state index is 13.4. The van der Waals surface area contributed by atoms with Crippen molar-refractivity contribution in [3.8, 4) is 0 Å². The van der Waals surface area contributed by atoms with Gasteiger partial charge in [0.15, 0.2) is 0 Å². The summed E-state index contributed by atoms with van der Waals surface area (Å²) in [6.45, 7) is 10.3. The average Bonchev–Trinajstić information content (AvgIpc) is 2.72. The van der Waals surface area contributed by atoms with Crippen LogP contribution in [0, 0.1) is 6.92 Å². The lowest BCUT2D eigenvalue weighted by Gasteiger charge is -2.49. The molecule has 2 aliphatic heterocycles. The molecule has 0 radical (unpaired) electrons. The summed E-state index contributed by atoms with van der Waals surface area (Å²) in [7, 11) is 0. The van der Waals surface area contributed by atoms with Gasteiger partial charge in [0.1, 0.15) is 5.60 Å². The minimum absolute atomic E-state index is 0.0998. The number of amides is 2. The number of piperidine rings is 1. The number of hydrogen-bond acceptors (Lipinski definition) is 3. The first-order valence-corrected chi connectivity index (χ1v) is 11.1. The van der Waals surface area contributed by atoms with Gasteiger partial charge >= 0.3 is 6.09 Å². The molecule has 2 heterocycles. The van der Waals surface area contributed by atoms with E-state index in [0.717, 1.165) is 29.5 Å². The predicted octanol–water partition coefficient (Wildman–Crippen LogP) is 4.92. The van der Waals surface area contributed by atoms with Crippen molar-refractivity contribution in [1.29, 1.82) is 0 Å². The van der Waals surface area contributed by atoms with E-state index in [1.165, 1.54) is 5.56 Å². The van der Waals surface area contributed by atoms with Crippen molar-refractivity contribution < 1.29 is 14.3 Å². The number of carbonyl (C=O) groups excluding carboxylic acids is 2. The maximum atomic E-state index is 13.4. The molecule has 0 N–H and O–H groups in total. The lowest BCUT2D eigenvalue weighted by atomic mass is 9.67. The van der Waals surface area contributed by atoms with Crippen LogP contribution in [0.4, 0.5) is 4.79 Å². The van der Waals surface area contributed by atoms with E-state index in [9.17, 15) is 9.59 Å². The van der Waals surface area contributed by atoms with E-state index in [1.54, 1.807) is 0 Å². The van der Waals surface area contributed by atoms with Gasteiger partial charge in [-0.25, -0.2) is 4.79 Å². The van der Waals surface area contributed by atoms with Crippen LogP contribution in [0.15, 0.2) is 48.5 Å². The van der Waals surface area contributed by atoms with Gasteiger partial charge in [0.05, 0.1) is 0 Å². The van der Waals surface area contributed by atoms with Crippen LogP contribution in [0.5, 0.6) is 0 Å². The molecule has 2 aromatic carbocycles. The summed E-state index contributed by atoms with van der Waals surface area (Å²) < 4.78 is 5.59. The number of hydrogen-bond donors (Lipinski definition) is 0. The summed E-state index contributed by atoms with van der Waals surface area (Å²) in [6, 6.07) is 16.2. The van der Waals surface area contributed by atoms with Gasteiger partial charge in [0.2, 0.25) is 0 Å². The minimum Gasteiger partial charge on any atom is -0.444 e. The van der Waals surface area contributed by atoms with Gasteiger partial charge in [0.25, 0.3) is 5.91 Å². The van der Waals surface area contributed by atoms with E-state index in [0.29, 0.717) is 26.2 Å². The second-order valence-electron chi connectivity index (χ2n) is 9.89. The largest absolute Gasteiger partial charge is 0.444 e. The van der Waals surface area contributed by atoms with E-state index >= 15 is 0 Å². The molecule has 5 nitrogen and oxygen atoms in total. The molecule has 5 heteroatoms. The third-order valence-electron chi connectivity index (χ3n) is 6.40. The summed E-state index contributed by atoms with van der Waals surface area (Å²) in [5, 5.41) is 0. The van der Waals surface area contributed by atoms with E-state index in [1.807, 2.05) is 60.9 Å². The number of ether oxygens (including phenoxy) is 1.